The standard InChI is InChI=1S/C30H27N7O/c31-16-19-5-3-6-20(13-19)26-18-33-30(36-28(26)35-27-22-10-9-21(14-22)25(27)17-32)34-24-8-4-7-23(15-24)29(38)37-11-1-2-12-37/h3-10,13,15,18,21-22,25,27H,1-2,11-12,14H2,(H2,33,34,35,36). The van der Waals surface area contributed by atoms with Gasteiger partial charge in [0.05, 0.1) is 29.7 Å². The summed E-state index contributed by atoms with van der Waals surface area (Å²) in [6.45, 7) is 1.59. The van der Waals surface area contributed by atoms with Crippen molar-refractivity contribution in [2.75, 3.05) is 23.7 Å². The van der Waals surface area contributed by atoms with Gasteiger partial charge in [0.25, 0.3) is 5.91 Å². The van der Waals surface area contributed by atoms with Crippen molar-refractivity contribution in [2.24, 2.45) is 17.8 Å². The first-order valence-electron chi connectivity index (χ1n) is 13.0. The molecule has 38 heavy (non-hydrogen) atoms. The minimum Gasteiger partial charge on any atom is -0.365 e. The topological polar surface area (TPSA) is 118 Å². The minimum atomic E-state index is -0.136. The molecular weight excluding hydrogens is 474 g/mol. The third-order valence-corrected chi connectivity index (χ3v) is 7.76. The van der Waals surface area contributed by atoms with Gasteiger partial charge in [-0.1, -0.05) is 30.4 Å². The Morgan fingerprint density at radius 3 is 2.66 bits per heavy atom. The Labute approximate surface area is 221 Å². The fraction of sp³-hybridized carbons (Fsp3) is 0.300. The number of carbonyl (C=O) groups excluding carboxylic acids is 1. The van der Waals surface area contributed by atoms with Crippen molar-refractivity contribution < 1.29 is 4.79 Å². The van der Waals surface area contributed by atoms with Gasteiger partial charge in [-0.15, -0.1) is 0 Å². The number of aromatic nitrogens is 2. The molecule has 1 aliphatic heterocycles. The number of fused-ring (bicyclic) bond motifs is 2. The number of hydrogen-bond acceptors (Lipinski definition) is 7. The lowest BCUT2D eigenvalue weighted by molar-refractivity contribution is 0.0793. The van der Waals surface area contributed by atoms with Crippen molar-refractivity contribution in [3.05, 3.63) is 78.0 Å². The Morgan fingerprint density at radius 1 is 1.03 bits per heavy atom. The number of nitrogens with one attached hydrogen (secondary N) is 2. The summed E-state index contributed by atoms with van der Waals surface area (Å²) in [5, 5.41) is 26.1. The van der Waals surface area contributed by atoms with Gasteiger partial charge in [0, 0.05) is 36.1 Å². The van der Waals surface area contributed by atoms with Crippen LogP contribution >= 0.6 is 0 Å². The molecule has 0 radical (unpaired) electrons. The second-order valence-corrected chi connectivity index (χ2v) is 10.1. The first kappa shape index (κ1) is 23.7. The summed E-state index contributed by atoms with van der Waals surface area (Å²) in [5.41, 5.74) is 3.48. The third-order valence-electron chi connectivity index (χ3n) is 7.76. The van der Waals surface area contributed by atoms with Crippen LogP contribution in [0.5, 0.6) is 0 Å². The number of benzene rings is 2. The number of allylic oxidation sites excluding steroid dienone is 1. The predicted octanol–water partition coefficient (Wildman–Crippen LogP) is 5.12. The molecule has 2 aromatic carbocycles. The van der Waals surface area contributed by atoms with E-state index in [1.54, 1.807) is 12.3 Å². The molecule has 4 atom stereocenters. The van der Waals surface area contributed by atoms with E-state index in [4.69, 9.17) is 4.98 Å². The summed E-state index contributed by atoms with van der Waals surface area (Å²) in [6.07, 6.45) is 9.12. The predicted molar refractivity (Wildman–Crippen MR) is 144 cm³/mol. The molecule has 1 saturated heterocycles. The van der Waals surface area contributed by atoms with Crippen LogP contribution in [0, 0.1) is 40.4 Å². The van der Waals surface area contributed by atoms with Crippen molar-refractivity contribution in [1.82, 2.24) is 14.9 Å². The summed E-state index contributed by atoms with van der Waals surface area (Å²) >= 11 is 0. The first-order chi connectivity index (χ1) is 18.6. The zero-order valence-electron chi connectivity index (χ0n) is 20.8. The van der Waals surface area contributed by atoms with E-state index in [1.807, 2.05) is 47.4 Å². The van der Waals surface area contributed by atoms with Gasteiger partial charge in [-0.05, 0) is 67.0 Å². The van der Waals surface area contributed by atoms with Gasteiger partial charge in [0.2, 0.25) is 5.95 Å². The average molecular weight is 502 g/mol. The van der Waals surface area contributed by atoms with E-state index in [1.165, 1.54) is 0 Å². The molecule has 8 heteroatoms. The number of amides is 1. The van der Waals surface area contributed by atoms with Gasteiger partial charge in [-0.25, -0.2) is 4.98 Å². The monoisotopic (exact) mass is 501 g/mol. The van der Waals surface area contributed by atoms with Gasteiger partial charge < -0.3 is 15.5 Å². The molecule has 1 amide bonds. The van der Waals surface area contributed by atoms with E-state index in [2.05, 4.69) is 39.9 Å². The normalized spacial score (nSPS) is 23.2. The molecule has 6 rings (SSSR count). The first-order valence-corrected chi connectivity index (χ1v) is 13.0. The summed E-state index contributed by atoms with van der Waals surface area (Å²) in [6, 6.07) is 19.3. The highest BCUT2D eigenvalue weighted by molar-refractivity contribution is 5.95. The molecule has 1 saturated carbocycles. The number of anilines is 3. The molecule has 1 aromatic heterocycles. The highest BCUT2D eigenvalue weighted by Crippen LogP contribution is 2.45. The number of nitriles is 2. The van der Waals surface area contributed by atoms with Gasteiger partial charge in [-0.3, -0.25) is 4.79 Å². The number of rotatable bonds is 6. The van der Waals surface area contributed by atoms with Gasteiger partial charge in [0.15, 0.2) is 0 Å². The zero-order valence-corrected chi connectivity index (χ0v) is 20.8. The molecule has 3 aromatic rings. The number of carbonyl (C=O) groups is 1. The van der Waals surface area contributed by atoms with Crippen LogP contribution in [0.3, 0.4) is 0 Å². The molecule has 2 heterocycles. The maximum atomic E-state index is 12.9. The molecule has 2 N–H and O–H groups in total. The van der Waals surface area contributed by atoms with Gasteiger partial charge in [0.1, 0.15) is 5.82 Å². The molecule has 2 fully saturated rings. The lowest BCUT2D eigenvalue weighted by Crippen LogP contribution is -2.32. The zero-order chi connectivity index (χ0) is 26.1. The summed E-state index contributed by atoms with van der Waals surface area (Å²) in [5.74, 6) is 1.40. The fourth-order valence-electron chi connectivity index (χ4n) is 5.83. The van der Waals surface area contributed by atoms with Crippen LogP contribution in [-0.4, -0.2) is 39.9 Å². The molecule has 4 unspecified atom stereocenters. The molecule has 2 bridgehead atoms. The number of nitrogens with zero attached hydrogens (tertiary/aromatic N) is 5. The van der Waals surface area contributed by atoms with E-state index in [-0.39, 0.29) is 29.7 Å². The van der Waals surface area contributed by atoms with Crippen LogP contribution in [0.4, 0.5) is 17.5 Å². The fourth-order valence-corrected chi connectivity index (χ4v) is 5.83. The minimum absolute atomic E-state index is 0.0361. The highest BCUT2D eigenvalue weighted by atomic mass is 16.2. The second-order valence-electron chi connectivity index (χ2n) is 10.1. The Hall–Kier alpha value is -4.69. The van der Waals surface area contributed by atoms with Crippen LogP contribution in [-0.2, 0) is 0 Å². The summed E-state index contributed by atoms with van der Waals surface area (Å²) in [7, 11) is 0. The number of likely N-dealkylation sites (tertiary alicyclic amines) is 1. The van der Waals surface area contributed by atoms with E-state index < -0.39 is 0 Å². The van der Waals surface area contributed by atoms with Crippen LogP contribution < -0.4 is 10.6 Å². The summed E-state index contributed by atoms with van der Waals surface area (Å²) < 4.78 is 0. The van der Waals surface area contributed by atoms with Gasteiger partial charge >= 0.3 is 0 Å². The van der Waals surface area contributed by atoms with Crippen LogP contribution in [0.25, 0.3) is 11.1 Å². The van der Waals surface area contributed by atoms with Gasteiger partial charge in [-0.2, -0.15) is 15.5 Å². The van der Waals surface area contributed by atoms with E-state index in [0.717, 1.165) is 49.2 Å². The summed E-state index contributed by atoms with van der Waals surface area (Å²) in [4.78, 5) is 24.1. The Balaban J connectivity index is 1.32. The molecule has 188 valence electrons. The SMILES string of the molecule is N#Cc1cccc(-c2cnc(Nc3cccc(C(=O)N4CCCC4)c3)nc2NC2C3C=CC(C3)C2C#N)c1. The Bertz CT molecular complexity index is 1490. The largest absolute Gasteiger partial charge is 0.365 e. The molecular formula is C30H27N7O. The van der Waals surface area contributed by atoms with Crippen LogP contribution in [0.15, 0.2) is 66.9 Å². The van der Waals surface area contributed by atoms with Crippen molar-refractivity contribution in [3.63, 3.8) is 0 Å². The second kappa shape index (κ2) is 9.99. The van der Waals surface area contributed by atoms with Crippen molar-refractivity contribution in [1.29, 1.82) is 10.5 Å². The Kier molecular flexibility index (Phi) is 6.23. The van der Waals surface area contributed by atoms with Crippen molar-refractivity contribution in [3.8, 4) is 23.3 Å². The molecule has 8 nitrogen and oxygen atoms in total. The van der Waals surface area contributed by atoms with Crippen molar-refractivity contribution >= 4 is 23.4 Å². The highest BCUT2D eigenvalue weighted by Gasteiger charge is 2.45. The Morgan fingerprint density at radius 2 is 1.84 bits per heavy atom. The molecule has 3 aliphatic rings. The smallest absolute Gasteiger partial charge is 0.253 e. The molecule has 0 spiro atoms. The maximum Gasteiger partial charge on any atom is 0.253 e. The van der Waals surface area contributed by atoms with E-state index in [0.29, 0.717) is 22.9 Å². The quantitative estimate of drug-likeness (QED) is 0.450. The molecule has 2 aliphatic carbocycles. The van der Waals surface area contributed by atoms with E-state index in [9.17, 15) is 15.3 Å². The lowest BCUT2D eigenvalue weighted by atomic mass is 9.90. The van der Waals surface area contributed by atoms with Crippen molar-refractivity contribution in [2.45, 2.75) is 25.3 Å². The third kappa shape index (κ3) is 4.46. The average Bonchev–Trinajstić information content (AvgIpc) is 3.72. The van der Waals surface area contributed by atoms with Crippen LogP contribution in [0.1, 0.15) is 35.2 Å². The maximum absolute atomic E-state index is 12.9. The van der Waals surface area contributed by atoms with E-state index >= 15 is 0 Å². The number of hydrogen-bond donors (Lipinski definition) is 2. The lowest BCUT2D eigenvalue weighted by Gasteiger charge is -2.26. The van der Waals surface area contributed by atoms with Crippen LogP contribution in [0.2, 0.25) is 0 Å².